The van der Waals surface area contributed by atoms with Crippen LogP contribution in [0.5, 0.6) is 5.75 Å². The van der Waals surface area contributed by atoms with Crippen molar-refractivity contribution in [3.63, 3.8) is 0 Å². The Balaban J connectivity index is 2.32. The zero-order valence-corrected chi connectivity index (χ0v) is 12.1. The van der Waals surface area contributed by atoms with Crippen LogP contribution in [0, 0.1) is 0 Å². The maximum atomic E-state index is 5.24. The lowest BCUT2D eigenvalue weighted by molar-refractivity contribution is 0.311. The Morgan fingerprint density at radius 3 is 2.83 bits per heavy atom. The smallest absolute Gasteiger partial charge is 0.119 e. The van der Waals surface area contributed by atoms with E-state index in [1.54, 1.807) is 7.11 Å². The summed E-state index contributed by atoms with van der Waals surface area (Å²) in [4.78, 5) is 2.36. The minimum Gasteiger partial charge on any atom is -0.497 e. The van der Waals surface area contributed by atoms with Crippen molar-refractivity contribution in [2.75, 3.05) is 27.7 Å². The van der Waals surface area contributed by atoms with E-state index in [0.717, 1.165) is 18.8 Å². The highest BCUT2D eigenvalue weighted by Crippen LogP contribution is 2.14. The number of nitrogens with one attached hydrogen (secondary N) is 1. The van der Waals surface area contributed by atoms with Gasteiger partial charge in [-0.3, -0.25) is 0 Å². The summed E-state index contributed by atoms with van der Waals surface area (Å²) < 4.78 is 5.24. The molecule has 3 heteroatoms. The van der Waals surface area contributed by atoms with E-state index in [9.17, 15) is 0 Å². The van der Waals surface area contributed by atoms with Crippen molar-refractivity contribution < 1.29 is 4.74 Å². The third-order valence-corrected chi connectivity index (χ3v) is 3.26. The summed E-state index contributed by atoms with van der Waals surface area (Å²) in [6.45, 7) is 4.33. The van der Waals surface area contributed by atoms with Crippen molar-refractivity contribution in [2.24, 2.45) is 0 Å². The summed E-state index contributed by atoms with van der Waals surface area (Å²) in [7, 11) is 5.90. The quantitative estimate of drug-likeness (QED) is 0.767. The molecule has 0 aliphatic rings. The summed E-state index contributed by atoms with van der Waals surface area (Å²) in [5.41, 5.74) is 1.30. The first kappa shape index (κ1) is 15.0. The molecule has 0 amide bonds. The van der Waals surface area contributed by atoms with E-state index >= 15 is 0 Å². The number of nitrogens with zero attached hydrogens (tertiary/aromatic N) is 1. The SMILES string of the molecule is CNC(C)CCCN(C)Cc1cccc(OC)c1. The van der Waals surface area contributed by atoms with E-state index in [0.29, 0.717) is 6.04 Å². The molecule has 0 aliphatic heterocycles. The number of rotatable bonds is 8. The highest BCUT2D eigenvalue weighted by Gasteiger charge is 2.03. The van der Waals surface area contributed by atoms with E-state index in [2.05, 4.69) is 36.3 Å². The zero-order valence-electron chi connectivity index (χ0n) is 12.1. The summed E-state index contributed by atoms with van der Waals surface area (Å²) >= 11 is 0. The molecule has 0 bridgehead atoms. The van der Waals surface area contributed by atoms with Crippen LogP contribution in [0.25, 0.3) is 0 Å². The lowest BCUT2D eigenvalue weighted by Crippen LogP contribution is -2.24. The summed E-state index contributed by atoms with van der Waals surface area (Å²) in [5.74, 6) is 0.935. The second kappa shape index (κ2) is 8.11. The first-order valence-electron chi connectivity index (χ1n) is 6.64. The maximum Gasteiger partial charge on any atom is 0.119 e. The fourth-order valence-corrected chi connectivity index (χ4v) is 1.97. The maximum absolute atomic E-state index is 5.24. The van der Waals surface area contributed by atoms with Gasteiger partial charge >= 0.3 is 0 Å². The van der Waals surface area contributed by atoms with Crippen molar-refractivity contribution in [1.29, 1.82) is 0 Å². The van der Waals surface area contributed by atoms with Crippen LogP contribution in [-0.4, -0.2) is 38.7 Å². The summed E-state index contributed by atoms with van der Waals surface area (Å²) in [6.07, 6.45) is 2.45. The Labute approximate surface area is 111 Å². The van der Waals surface area contributed by atoms with Crippen LogP contribution in [0.3, 0.4) is 0 Å². The normalized spacial score (nSPS) is 12.7. The van der Waals surface area contributed by atoms with Gasteiger partial charge in [0, 0.05) is 12.6 Å². The van der Waals surface area contributed by atoms with Gasteiger partial charge in [0.15, 0.2) is 0 Å². The molecule has 0 radical (unpaired) electrons. The first-order valence-corrected chi connectivity index (χ1v) is 6.64. The van der Waals surface area contributed by atoms with Crippen LogP contribution in [-0.2, 0) is 6.54 Å². The average molecular weight is 250 g/mol. The number of hydrogen-bond acceptors (Lipinski definition) is 3. The topological polar surface area (TPSA) is 24.5 Å². The van der Waals surface area contributed by atoms with Crippen molar-refractivity contribution >= 4 is 0 Å². The van der Waals surface area contributed by atoms with E-state index < -0.39 is 0 Å². The second-order valence-electron chi connectivity index (χ2n) is 4.92. The molecule has 1 atom stereocenters. The molecule has 1 unspecified atom stereocenters. The Kier molecular flexibility index (Phi) is 6.76. The molecule has 1 aromatic rings. The number of hydrogen-bond donors (Lipinski definition) is 1. The molecular weight excluding hydrogens is 224 g/mol. The fraction of sp³-hybridized carbons (Fsp3) is 0.600. The fourth-order valence-electron chi connectivity index (χ4n) is 1.97. The molecule has 3 nitrogen and oxygen atoms in total. The molecule has 1 aromatic carbocycles. The van der Waals surface area contributed by atoms with E-state index in [-0.39, 0.29) is 0 Å². The molecule has 0 saturated carbocycles. The van der Waals surface area contributed by atoms with Gasteiger partial charge in [-0.1, -0.05) is 12.1 Å². The van der Waals surface area contributed by atoms with Crippen LogP contribution in [0.15, 0.2) is 24.3 Å². The zero-order chi connectivity index (χ0) is 13.4. The molecule has 0 saturated heterocycles. The Bertz CT molecular complexity index is 341. The lowest BCUT2D eigenvalue weighted by Gasteiger charge is -2.18. The molecule has 1 N–H and O–H groups in total. The predicted octanol–water partition coefficient (Wildman–Crippen LogP) is 2.52. The van der Waals surface area contributed by atoms with Gasteiger partial charge in [0.05, 0.1) is 7.11 Å². The molecule has 18 heavy (non-hydrogen) atoms. The van der Waals surface area contributed by atoms with Crippen molar-refractivity contribution in [3.8, 4) is 5.75 Å². The highest BCUT2D eigenvalue weighted by molar-refractivity contribution is 5.28. The van der Waals surface area contributed by atoms with Crippen molar-refractivity contribution in [2.45, 2.75) is 32.4 Å². The highest BCUT2D eigenvalue weighted by atomic mass is 16.5. The Hall–Kier alpha value is -1.06. The standard InChI is InChI=1S/C15H26N2O/c1-13(16-2)7-6-10-17(3)12-14-8-5-9-15(11-14)18-4/h5,8-9,11,13,16H,6-7,10,12H2,1-4H3. The molecule has 1 rings (SSSR count). The molecule has 0 fully saturated rings. The molecule has 0 heterocycles. The van der Waals surface area contributed by atoms with Gasteiger partial charge in [-0.05, 0) is 58.1 Å². The van der Waals surface area contributed by atoms with Gasteiger partial charge in [-0.15, -0.1) is 0 Å². The molecule has 0 aliphatic carbocycles. The molecule has 102 valence electrons. The number of ether oxygens (including phenoxy) is 1. The third kappa shape index (κ3) is 5.52. The second-order valence-corrected chi connectivity index (χ2v) is 4.92. The minimum absolute atomic E-state index is 0.607. The molecule has 0 aromatic heterocycles. The van der Waals surface area contributed by atoms with Crippen LogP contribution in [0.2, 0.25) is 0 Å². The van der Waals surface area contributed by atoms with E-state index in [1.165, 1.54) is 18.4 Å². The lowest BCUT2D eigenvalue weighted by atomic mass is 10.1. The van der Waals surface area contributed by atoms with Crippen LogP contribution in [0.1, 0.15) is 25.3 Å². The molecule has 0 spiro atoms. The van der Waals surface area contributed by atoms with Crippen molar-refractivity contribution in [3.05, 3.63) is 29.8 Å². The van der Waals surface area contributed by atoms with Crippen molar-refractivity contribution in [1.82, 2.24) is 10.2 Å². The van der Waals surface area contributed by atoms with E-state index in [4.69, 9.17) is 4.74 Å². The van der Waals surface area contributed by atoms with Gasteiger partial charge in [0.25, 0.3) is 0 Å². The predicted molar refractivity (Wildman–Crippen MR) is 77.1 cm³/mol. The van der Waals surface area contributed by atoms with Crippen LogP contribution >= 0.6 is 0 Å². The van der Waals surface area contributed by atoms with Gasteiger partial charge < -0.3 is 15.0 Å². The Morgan fingerprint density at radius 2 is 2.17 bits per heavy atom. The third-order valence-electron chi connectivity index (χ3n) is 3.26. The monoisotopic (exact) mass is 250 g/mol. The van der Waals surface area contributed by atoms with Crippen LogP contribution in [0.4, 0.5) is 0 Å². The number of benzene rings is 1. The number of methoxy groups -OCH3 is 1. The summed E-state index contributed by atoms with van der Waals surface area (Å²) in [5, 5.41) is 3.27. The van der Waals surface area contributed by atoms with E-state index in [1.807, 2.05) is 19.2 Å². The first-order chi connectivity index (χ1) is 8.65. The van der Waals surface area contributed by atoms with Gasteiger partial charge in [-0.25, -0.2) is 0 Å². The van der Waals surface area contributed by atoms with Crippen LogP contribution < -0.4 is 10.1 Å². The van der Waals surface area contributed by atoms with Gasteiger partial charge in [0.1, 0.15) is 5.75 Å². The largest absolute Gasteiger partial charge is 0.497 e. The Morgan fingerprint density at radius 1 is 1.39 bits per heavy atom. The minimum atomic E-state index is 0.607. The van der Waals surface area contributed by atoms with Gasteiger partial charge in [-0.2, -0.15) is 0 Å². The summed E-state index contributed by atoms with van der Waals surface area (Å²) in [6, 6.07) is 8.89. The van der Waals surface area contributed by atoms with Gasteiger partial charge in [0.2, 0.25) is 0 Å². The molecular formula is C15H26N2O. The average Bonchev–Trinajstić information content (AvgIpc) is 2.38.